The van der Waals surface area contributed by atoms with Crippen molar-refractivity contribution in [2.75, 3.05) is 7.11 Å². The van der Waals surface area contributed by atoms with Crippen molar-refractivity contribution in [2.45, 2.75) is 27.2 Å². The smallest absolute Gasteiger partial charge is 0.308 e. The highest BCUT2D eigenvalue weighted by Gasteiger charge is 2.24. The molecule has 0 radical (unpaired) electrons. The molecule has 82 valence electrons. The summed E-state index contributed by atoms with van der Waals surface area (Å²) in [7, 11) is 1.34. The quantitative estimate of drug-likeness (QED) is 0.687. The van der Waals surface area contributed by atoms with E-state index >= 15 is 0 Å². The first-order valence-electron chi connectivity index (χ1n) is 4.70. The van der Waals surface area contributed by atoms with Crippen LogP contribution in [0.1, 0.15) is 27.2 Å². The molecule has 0 aliphatic rings. The number of carboxylic acids is 1. The number of hydrogen-bond donors (Lipinski definition) is 1. The Morgan fingerprint density at radius 2 is 1.79 bits per heavy atom. The van der Waals surface area contributed by atoms with Gasteiger partial charge in [0, 0.05) is 0 Å². The topological polar surface area (TPSA) is 63.6 Å². The van der Waals surface area contributed by atoms with Gasteiger partial charge in [0.2, 0.25) is 0 Å². The van der Waals surface area contributed by atoms with E-state index in [9.17, 15) is 9.59 Å². The Labute approximate surface area is 84.3 Å². The van der Waals surface area contributed by atoms with E-state index in [1.165, 1.54) is 7.11 Å². The predicted octanol–water partition coefficient (Wildman–Crippen LogP) is 1.54. The molecule has 4 heteroatoms. The molecule has 0 spiro atoms. The van der Waals surface area contributed by atoms with E-state index in [4.69, 9.17) is 5.11 Å². The standard InChI is InChI=1S/C10H18O4/c1-6(5-7(2)9(11)12)8(3)10(13)14-4/h6-8H,5H2,1-4H3,(H,11,12). The van der Waals surface area contributed by atoms with Gasteiger partial charge < -0.3 is 9.84 Å². The van der Waals surface area contributed by atoms with Crippen molar-refractivity contribution in [3.63, 3.8) is 0 Å². The first kappa shape index (κ1) is 12.9. The van der Waals surface area contributed by atoms with E-state index in [0.717, 1.165) is 0 Å². The van der Waals surface area contributed by atoms with Gasteiger partial charge in [0.15, 0.2) is 0 Å². The van der Waals surface area contributed by atoms with Crippen LogP contribution in [0, 0.1) is 17.8 Å². The fourth-order valence-electron chi connectivity index (χ4n) is 1.28. The van der Waals surface area contributed by atoms with Crippen LogP contribution in [0.4, 0.5) is 0 Å². The molecule has 0 rings (SSSR count). The van der Waals surface area contributed by atoms with Crippen LogP contribution in [-0.2, 0) is 14.3 Å². The van der Waals surface area contributed by atoms with Crippen LogP contribution in [0.5, 0.6) is 0 Å². The van der Waals surface area contributed by atoms with Crippen LogP contribution in [0.3, 0.4) is 0 Å². The number of rotatable bonds is 5. The van der Waals surface area contributed by atoms with Gasteiger partial charge in [0.1, 0.15) is 0 Å². The van der Waals surface area contributed by atoms with E-state index < -0.39 is 11.9 Å². The van der Waals surface area contributed by atoms with Crippen molar-refractivity contribution < 1.29 is 19.4 Å². The maximum absolute atomic E-state index is 11.1. The molecule has 0 aromatic rings. The molecule has 1 N–H and O–H groups in total. The van der Waals surface area contributed by atoms with E-state index in [1.807, 2.05) is 6.92 Å². The van der Waals surface area contributed by atoms with Crippen molar-refractivity contribution in [3.8, 4) is 0 Å². The first-order valence-corrected chi connectivity index (χ1v) is 4.70. The van der Waals surface area contributed by atoms with Crippen molar-refractivity contribution in [2.24, 2.45) is 17.8 Å². The second-order valence-electron chi connectivity index (χ2n) is 3.76. The van der Waals surface area contributed by atoms with Gasteiger partial charge >= 0.3 is 11.9 Å². The average Bonchev–Trinajstić information content (AvgIpc) is 2.14. The highest BCUT2D eigenvalue weighted by atomic mass is 16.5. The Morgan fingerprint density at radius 3 is 2.14 bits per heavy atom. The maximum Gasteiger partial charge on any atom is 0.308 e. The Morgan fingerprint density at radius 1 is 1.29 bits per heavy atom. The molecule has 0 aliphatic carbocycles. The molecule has 4 nitrogen and oxygen atoms in total. The Kier molecular flexibility index (Phi) is 5.20. The lowest BCUT2D eigenvalue weighted by molar-refractivity contribution is -0.148. The molecule has 3 atom stereocenters. The Bertz CT molecular complexity index is 212. The molecule has 0 saturated heterocycles. The van der Waals surface area contributed by atoms with Crippen LogP contribution < -0.4 is 0 Å². The van der Waals surface area contributed by atoms with Crippen molar-refractivity contribution in [3.05, 3.63) is 0 Å². The summed E-state index contributed by atoms with van der Waals surface area (Å²) >= 11 is 0. The Hall–Kier alpha value is -1.06. The minimum absolute atomic E-state index is 0.0218. The molecular formula is C10H18O4. The number of methoxy groups -OCH3 is 1. The second-order valence-corrected chi connectivity index (χ2v) is 3.76. The summed E-state index contributed by atoms with van der Waals surface area (Å²) in [6.45, 7) is 5.26. The lowest BCUT2D eigenvalue weighted by atomic mass is 9.87. The van der Waals surface area contributed by atoms with Crippen molar-refractivity contribution >= 4 is 11.9 Å². The number of carbonyl (C=O) groups is 2. The first-order chi connectivity index (χ1) is 6.40. The minimum Gasteiger partial charge on any atom is -0.481 e. The van der Waals surface area contributed by atoms with Gasteiger partial charge in [0.25, 0.3) is 0 Å². The predicted molar refractivity (Wildman–Crippen MR) is 51.8 cm³/mol. The van der Waals surface area contributed by atoms with E-state index in [1.54, 1.807) is 13.8 Å². The summed E-state index contributed by atoms with van der Waals surface area (Å²) in [5, 5.41) is 8.69. The molecule has 0 bridgehead atoms. The van der Waals surface area contributed by atoms with Gasteiger partial charge in [-0.3, -0.25) is 9.59 Å². The molecular weight excluding hydrogens is 184 g/mol. The Balaban J connectivity index is 4.13. The molecule has 14 heavy (non-hydrogen) atoms. The maximum atomic E-state index is 11.1. The molecule has 0 aliphatic heterocycles. The lowest BCUT2D eigenvalue weighted by Gasteiger charge is -2.19. The van der Waals surface area contributed by atoms with Crippen LogP contribution >= 0.6 is 0 Å². The van der Waals surface area contributed by atoms with Crippen molar-refractivity contribution in [1.29, 1.82) is 0 Å². The largest absolute Gasteiger partial charge is 0.481 e. The van der Waals surface area contributed by atoms with E-state index in [-0.39, 0.29) is 17.8 Å². The zero-order valence-corrected chi connectivity index (χ0v) is 9.11. The van der Waals surface area contributed by atoms with Crippen LogP contribution in [0.25, 0.3) is 0 Å². The molecule has 3 unspecified atom stereocenters. The van der Waals surface area contributed by atoms with Crippen LogP contribution in [0.15, 0.2) is 0 Å². The average molecular weight is 202 g/mol. The van der Waals surface area contributed by atoms with Gasteiger partial charge in [-0.05, 0) is 12.3 Å². The summed E-state index contributed by atoms with van der Waals surface area (Å²) in [5.41, 5.74) is 0. The molecule has 0 fully saturated rings. The third kappa shape index (κ3) is 3.77. The molecule has 0 saturated carbocycles. The summed E-state index contributed by atoms with van der Waals surface area (Å²) in [5.74, 6) is -1.75. The summed E-state index contributed by atoms with van der Waals surface area (Å²) < 4.78 is 4.59. The van der Waals surface area contributed by atoms with E-state index in [0.29, 0.717) is 6.42 Å². The lowest BCUT2D eigenvalue weighted by Crippen LogP contribution is -2.23. The second kappa shape index (κ2) is 5.62. The minimum atomic E-state index is -0.825. The normalized spacial score (nSPS) is 16.9. The van der Waals surface area contributed by atoms with Crippen molar-refractivity contribution in [1.82, 2.24) is 0 Å². The van der Waals surface area contributed by atoms with Gasteiger partial charge in [-0.1, -0.05) is 20.8 Å². The zero-order valence-electron chi connectivity index (χ0n) is 9.11. The fourth-order valence-corrected chi connectivity index (χ4v) is 1.28. The van der Waals surface area contributed by atoms with E-state index in [2.05, 4.69) is 4.74 Å². The van der Waals surface area contributed by atoms with Gasteiger partial charge in [-0.2, -0.15) is 0 Å². The molecule has 0 amide bonds. The van der Waals surface area contributed by atoms with Gasteiger partial charge in [0.05, 0.1) is 18.9 Å². The number of aliphatic carboxylic acids is 1. The molecule has 0 aromatic heterocycles. The fraction of sp³-hybridized carbons (Fsp3) is 0.800. The summed E-state index contributed by atoms with van der Waals surface area (Å²) in [6.07, 6.45) is 0.492. The number of carbonyl (C=O) groups excluding carboxylic acids is 1. The third-order valence-corrected chi connectivity index (χ3v) is 2.57. The number of ether oxygens (including phenoxy) is 1. The third-order valence-electron chi connectivity index (χ3n) is 2.57. The zero-order chi connectivity index (χ0) is 11.3. The SMILES string of the molecule is COC(=O)C(C)C(C)CC(C)C(=O)O. The van der Waals surface area contributed by atoms with Gasteiger partial charge in [-0.25, -0.2) is 0 Å². The number of esters is 1. The molecule has 0 aromatic carbocycles. The highest BCUT2D eigenvalue weighted by molar-refractivity contribution is 5.72. The van der Waals surface area contributed by atoms with Crippen LogP contribution in [-0.4, -0.2) is 24.2 Å². The number of carboxylic acid groups (broad SMARTS) is 1. The monoisotopic (exact) mass is 202 g/mol. The van der Waals surface area contributed by atoms with Gasteiger partial charge in [-0.15, -0.1) is 0 Å². The summed E-state index contributed by atoms with van der Waals surface area (Å²) in [6, 6.07) is 0. The van der Waals surface area contributed by atoms with Crippen LogP contribution in [0.2, 0.25) is 0 Å². The molecule has 0 heterocycles. The summed E-state index contributed by atoms with van der Waals surface area (Å²) in [4.78, 5) is 21.7. The number of hydrogen-bond acceptors (Lipinski definition) is 3. The highest BCUT2D eigenvalue weighted by Crippen LogP contribution is 2.21.